The van der Waals surface area contributed by atoms with Crippen molar-refractivity contribution in [1.82, 2.24) is 25.5 Å². The second-order valence-electron chi connectivity index (χ2n) is 6.47. The van der Waals surface area contributed by atoms with Gasteiger partial charge >= 0.3 is 6.03 Å². The van der Waals surface area contributed by atoms with E-state index < -0.39 is 0 Å². The van der Waals surface area contributed by atoms with Gasteiger partial charge in [0.25, 0.3) is 0 Å². The fourth-order valence-electron chi connectivity index (χ4n) is 3.31. The maximum absolute atomic E-state index is 12.4. The number of hydrogen-bond acceptors (Lipinski definition) is 5. The van der Waals surface area contributed by atoms with E-state index in [-0.39, 0.29) is 24.6 Å². The Morgan fingerprint density at radius 2 is 2.16 bits per heavy atom. The van der Waals surface area contributed by atoms with Crippen LogP contribution >= 0.6 is 0 Å². The number of aryl methyl sites for hydroxylation is 1. The lowest BCUT2D eigenvalue weighted by molar-refractivity contribution is 0.182. The maximum Gasteiger partial charge on any atom is 0.319 e. The van der Waals surface area contributed by atoms with Gasteiger partial charge in [0.05, 0.1) is 5.69 Å². The van der Waals surface area contributed by atoms with E-state index in [1.54, 1.807) is 4.68 Å². The number of nitrogens with one attached hydrogen (secondary N) is 2. The van der Waals surface area contributed by atoms with Gasteiger partial charge in [-0.05, 0) is 48.4 Å². The molecule has 1 heterocycles. The molecule has 0 spiro atoms. The van der Waals surface area contributed by atoms with Crippen molar-refractivity contribution in [2.24, 2.45) is 5.92 Å². The highest BCUT2D eigenvalue weighted by atomic mass is 16.3. The second kappa shape index (κ2) is 8.06. The molecule has 8 nitrogen and oxygen atoms in total. The molecule has 0 aliphatic heterocycles. The lowest BCUT2D eigenvalue weighted by Gasteiger charge is -2.24. The Labute approximate surface area is 146 Å². The summed E-state index contributed by atoms with van der Waals surface area (Å²) in [7, 11) is 0. The van der Waals surface area contributed by atoms with Gasteiger partial charge in [0, 0.05) is 24.3 Å². The number of aliphatic hydroxyl groups is 1. The number of tetrazole rings is 1. The van der Waals surface area contributed by atoms with E-state index in [0.717, 1.165) is 37.8 Å². The van der Waals surface area contributed by atoms with Crippen molar-refractivity contribution < 1.29 is 9.90 Å². The van der Waals surface area contributed by atoms with E-state index in [1.165, 1.54) is 0 Å². The van der Waals surface area contributed by atoms with Crippen LogP contribution in [-0.2, 0) is 0 Å². The lowest BCUT2D eigenvalue weighted by Crippen LogP contribution is -2.43. The number of rotatable bonds is 4. The zero-order valence-corrected chi connectivity index (χ0v) is 14.4. The second-order valence-corrected chi connectivity index (χ2v) is 6.47. The van der Waals surface area contributed by atoms with Crippen molar-refractivity contribution in [2.45, 2.75) is 45.1 Å². The fourth-order valence-corrected chi connectivity index (χ4v) is 3.31. The Kier molecular flexibility index (Phi) is 5.60. The summed E-state index contributed by atoms with van der Waals surface area (Å²) in [6, 6.07) is 7.11. The first-order chi connectivity index (χ1) is 12.2. The number of amides is 2. The molecule has 2 aromatic rings. The number of aliphatic hydroxyl groups excluding tert-OH is 1. The zero-order valence-electron chi connectivity index (χ0n) is 14.4. The van der Waals surface area contributed by atoms with E-state index in [4.69, 9.17) is 0 Å². The highest BCUT2D eigenvalue weighted by molar-refractivity contribution is 5.89. The normalized spacial score (nSPS) is 20.7. The van der Waals surface area contributed by atoms with E-state index in [9.17, 15) is 9.90 Å². The summed E-state index contributed by atoms with van der Waals surface area (Å²) in [6.07, 6.45) is 5.20. The van der Waals surface area contributed by atoms with Crippen molar-refractivity contribution in [1.29, 1.82) is 0 Å². The van der Waals surface area contributed by atoms with Crippen molar-refractivity contribution in [2.75, 3.05) is 11.9 Å². The zero-order chi connectivity index (χ0) is 17.6. The average Bonchev–Trinajstić information content (AvgIpc) is 2.90. The number of hydrogen-bond donors (Lipinski definition) is 3. The number of urea groups is 1. The number of aromatic nitrogens is 4. The summed E-state index contributed by atoms with van der Waals surface area (Å²) in [5.74, 6) is 0.800. The molecule has 1 aromatic carbocycles. The highest BCUT2D eigenvalue weighted by Crippen LogP contribution is 2.23. The Morgan fingerprint density at radius 1 is 1.32 bits per heavy atom. The van der Waals surface area contributed by atoms with E-state index in [1.807, 2.05) is 31.2 Å². The van der Waals surface area contributed by atoms with Gasteiger partial charge in [-0.15, -0.1) is 5.10 Å². The van der Waals surface area contributed by atoms with Crippen LogP contribution in [0.4, 0.5) is 10.5 Å². The molecule has 2 amide bonds. The van der Waals surface area contributed by atoms with Crippen molar-refractivity contribution in [3.05, 3.63) is 30.1 Å². The SMILES string of the molecule is Cc1nnnn1-c1cccc(NC(=O)NC2CCCCCC2CO)c1. The van der Waals surface area contributed by atoms with E-state index >= 15 is 0 Å². The van der Waals surface area contributed by atoms with Gasteiger partial charge in [-0.2, -0.15) is 4.68 Å². The average molecular weight is 344 g/mol. The highest BCUT2D eigenvalue weighted by Gasteiger charge is 2.24. The topological polar surface area (TPSA) is 105 Å². The molecule has 1 saturated carbocycles. The van der Waals surface area contributed by atoms with Crippen molar-refractivity contribution >= 4 is 11.7 Å². The molecule has 134 valence electrons. The summed E-state index contributed by atoms with van der Waals surface area (Å²) in [6.45, 7) is 1.92. The van der Waals surface area contributed by atoms with Crippen LogP contribution in [0.2, 0.25) is 0 Å². The van der Waals surface area contributed by atoms with Gasteiger partial charge < -0.3 is 15.7 Å². The summed E-state index contributed by atoms with van der Waals surface area (Å²) in [4.78, 5) is 12.4. The minimum Gasteiger partial charge on any atom is -0.396 e. The molecule has 3 N–H and O–H groups in total. The van der Waals surface area contributed by atoms with Crippen molar-refractivity contribution in [3.8, 4) is 5.69 Å². The maximum atomic E-state index is 12.4. The number of benzene rings is 1. The fraction of sp³-hybridized carbons (Fsp3) is 0.529. The molecule has 0 radical (unpaired) electrons. The minimum absolute atomic E-state index is 0.0115. The van der Waals surface area contributed by atoms with Crippen LogP contribution in [0.25, 0.3) is 5.69 Å². The van der Waals surface area contributed by atoms with Gasteiger partial charge in [-0.1, -0.05) is 25.3 Å². The third-order valence-corrected chi connectivity index (χ3v) is 4.68. The first kappa shape index (κ1) is 17.3. The number of anilines is 1. The number of carbonyl (C=O) groups excluding carboxylic acids is 1. The Bertz CT molecular complexity index is 717. The standard InChI is InChI=1S/C17H24N6O2/c1-12-20-21-22-23(12)15-8-5-7-14(10-15)18-17(25)19-16-9-4-2-3-6-13(16)11-24/h5,7-8,10,13,16,24H,2-4,6,9,11H2,1H3,(H2,18,19,25). The van der Waals surface area contributed by atoms with Crippen LogP contribution in [0.15, 0.2) is 24.3 Å². The Morgan fingerprint density at radius 3 is 2.92 bits per heavy atom. The molecule has 0 bridgehead atoms. The number of carbonyl (C=O) groups is 1. The van der Waals surface area contributed by atoms with Crippen LogP contribution in [0, 0.1) is 12.8 Å². The minimum atomic E-state index is -0.254. The van der Waals surface area contributed by atoms with Gasteiger partial charge in [-0.3, -0.25) is 0 Å². The molecule has 1 fully saturated rings. The Hall–Kier alpha value is -2.48. The molecule has 2 unspecified atom stereocenters. The first-order valence-corrected chi connectivity index (χ1v) is 8.71. The third-order valence-electron chi connectivity index (χ3n) is 4.68. The summed E-state index contributed by atoms with van der Waals surface area (Å²) in [5.41, 5.74) is 1.45. The number of nitrogens with zero attached hydrogens (tertiary/aromatic N) is 4. The summed E-state index contributed by atoms with van der Waals surface area (Å²) in [5, 5.41) is 26.9. The Balaban J connectivity index is 1.65. The molecule has 25 heavy (non-hydrogen) atoms. The molecular weight excluding hydrogens is 320 g/mol. The molecular formula is C17H24N6O2. The largest absolute Gasteiger partial charge is 0.396 e. The molecule has 2 atom stereocenters. The smallest absolute Gasteiger partial charge is 0.319 e. The summed E-state index contributed by atoms with van der Waals surface area (Å²) < 4.78 is 1.61. The molecule has 8 heteroatoms. The predicted molar refractivity (Wildman–Crippen MR) is 93.5 cm³/mol. The van der Waals surface area contributed by atoms with Crippen LogP contribution in [0.3, 0.4) is 0 Å². The van der Waals surface area contributed by atoms with Crippen LogP contribution in [0.1, 0.15) is 37.9 Å². The van der Waals surface area contributed by atoms with E-state index in [0.29, 0.717) is 11.5 Å². The van der Waals surface area contributed by atoms with Gasteiger partial charge in [-0.25, -0.2) is 4.79 Å². The molecule has 3 rings (SSSR count). The van der Waals surface area contributed by atoms with Crippen LogP contribution in [0.5, 0.6) is 0 Å². The van der Waals surface area contributed by atoms with Gasteiger partial charge in [0.2, 0.25) is 0 Å². The van der Waals surface area contributed by atoms with Crippen LogP contribution in [-0.4, -0.2) is 44.0 Å². The first-order valence-electron chi connectivity index (χ1n) is 8.71. The summed E-state index contributed by atoms with van der Waals surface area (Å²) >= 11 is 0. The van der Waals surface area contributed by atoms with Crippen molar-refractivity contribution in [3.63, 3.8) is 0 Å². The monoisotopic (exact) mass is 344 g/mol. The quantitative estimate of drug-likeness (QED) is 0.736. The third kappa shape index (κ3) is 4.33. The lowest BCUT2D eigenvalue weighted by atomic mass is 9.96. The molecule has 1 aliphatic carbocycles. The molecule has 0 saturated heterocycles. The van der Waals surface area contributed by atoms with Gasteiger partial charge in [0.15, 0.2) is 5.82 Å². The molecule has 1 aliphatic rings. The molecule has 1 aromatic heterocycles. The van der Waals surface area contributed by atoms with Crippen LogP contribution < -0.4 is 10.6 Å². The van der Waals surface area contributed by atoms with Gasteiger partial charge in [0.1, 0.15) is 0 Å². The predicted octanol–water partition coefficient (Wildman–Crippen LogP) is 2.03. The van der Waals surface area contributed by atoms with E-state index in [2.05, 4.69) is 26.2 Å².